The summed E-state index contributed by atoms with van der Waals surface area (Å²) in [4.78, 5) is 0. The number of alkyl halides is 3. The van der Waals surface area contributed by atoms with Gasteiger partial charge in [-0.2, -0.15) is 13.2 Å². The number of nitrogens with one attached hydrogen (secondary N) is 1. The van der Waals surface area contributed by atoms with Crippen molar-refractivity contribution < 1.29 is 21.6 Å². The second-order valence-corrected chi connectivity index (χ2v) is 6.10. The van der Waals surface area contributed by atoms with Crippen LogP contribution in [-0.4, -0.2) is 38.0 Å². The molecule has 0 amide bonds. The van der Waals surface area contributed by atoms with Gasteiger partial charge in [-0.05, 0) is 11.8 Å². The van der Waals surface area contributed by atoms with Gasteiger partial charge in [-0.3, -0.25) is 0 Å². The van der Waals surface area contributed by atoms with Crippen molar-refractivity contribution in [3.63, 3.8) is 0 Å². The summed E-state index contributed by atoms with van der Waals surface area (Å²) in [6.07, 6.45) is 1.45. The van der Waals surface area contributed by atoms with Crippen LogP contribution >= 0.6 is 11.8 Å². The van der Waals surface area contributed by atoms with E-state index in [2.05, 4.69) is 5.32 Å². The first-order chi connectivity index (χ1) is 6.79. The summed E-state index contributed by atoms with van der Waals surface area (Å²) in [5.41, 5.74) is -4.22. The van der Waals surface area contributed by atoms with Crippen molar-refractivity contribution in [3.05, 3.63) is 11.5 Å². The van der Waals surface area contributed by atoms with Crippen LogP contribution < -0.4 is 5.32 Å². The molecule has 0 aliphatic carbocycles. The average Bonchev–Trinajstić information content (AvgIpc) is 2.38. The predicted octanol–water partition coefficient (Wildman–Crippen LogP) is 1.14. The molecule has 0 radical (unpaired) electrons. The summed E-state index contributed by atoms with van der Waals surface area (Å²) in [5.74, 6) is -0.183. The third-order valence-corrected chi connectivity index (χ3v) is 3.84. The Morgan fingerprint density at radius 3 is 2.60 bits per heavy atom. The van der Waals surface area contributed by atoms with Crippen LogP contribution in [0.25, 0.3) is 0 Å². The maximum Gasteiger partial charge on any atom is 0.441 e. The highest BCUT2D eigenvalue weighted by Gasteiger charge is 2.27. The Kier molecular flexibility index (Phi) is 4.07. The van der Waals surface area contributed by atoms with E-state index < -0.39 is 15.3 Å². The standard InChI is InChI=1S/C7H10F3NO2S2/c8-7(9,10)14-3-2-11-6-1-4-15(12,13)5-6/h1,4,6,11H,2-3,5H2. The lowest BCUT2D eigenvalue weighted by Gasteiger charge is -2.10. The first-order valence-corrected chi connectivity index (χ1v) is 6.84. The van der Waals surface area contributed by atoms with Crippen molar-refractivity contribution >= 4 is 21.6 Å². The molecule has 1 aliphatic heterocycles. The molecule has 0 saturated heterocycles. The SMILES string of the molecule is O=S1(=O)C=CC(NCCSC(F)(F)F)C1. The molecular formula is C7H10F3NO2S2. The topological polar surface area (TPSA) is 46.2 Å². The molecule has 0 spiro atoms. The highest BCUT2D eigenvalue weighted by molar-refractivity contribution is 8.00. The minimum Gasteiger partial charge on any atom is -0.309 e. The highest BCUT2D eigenvalue weighted by Crippen LogP contribution is 2.29. The van der Waals surface area contributed by atoms with E-state index in [0.717, 1.165) is 5.41 Å². The minimum atomic E-state index is -4.22. The van der Waals surface area contributed by atoms with Crippen LogP contribution in [0, 0.1) is 0 Å². The van der Waals surface area contributed by atoms with Gasteiger partial charge in [-0.25, -0.2) is 8.42 Å². The van der Waals surface area contributed by atoms with Crippen molar-refractivity contribution in [1.82, 2.24) is 5.32 Å². The number of hydrogen-bond donors (Lipinski definition) is 1. The largest absolute Gasteiger partial charge is 0.441 e. The zero-order valence-corrected chi connectivity index (χ0v) is 9.25. The van der Waals surface area contributed by atoms with Crippen LogP contribution in [0.1, 0.15) is 0 Å². The monoisotopic (exact) mass is 261 g/mol. The number of hydrogen-bond acceptors (Lipinski definition) is 4. The molecule has 3 nitrogen and oxygen atoms in total. The summed E-state index contributed by atoms with van der Waals surface area (Å²) in [6.45, 7) is 0.134. The first kappa shape index (κ1) is 12.9. The second kappa shape index (κ2) is 4.75. The van der Waals surface area contributed by atoms with Crippen molar-refractivity contribution in [2.45, 2.75) is 11.6 Å². The smallest absolute Gasteiger partial charge is 0.309 e. The van der Waals surface area contributed by atoms with Gasteiger partial charge in [0, 0.05) is 23.7 Å². The average molecular weight is 261 g/mol. The molecule has 0 fully saturated rings. The van der Waals surface area contributed by atoms with E-state index >= 15 is 0 Å². The van der Waals surface area contributed by atoms with Gasteiger partial charge in [0.2, 0.25) is 0 Å². The fourth-order valence-corrected chi connectivity index (χ4v) is 2.84. The molecule has 0 aromatic carbocycles. The number of thioether (sulfide) groups is 1. The fourth-order valence-electron chi connectivity index (χ4n) is 1.11. The van der Waals surface area contributed by atoms with E-state index in [1.807, 2.05) is 0 Å². The molecule has 88 valence electrons. The Balaban J connectivity index is 2.16. The van der Waals surface area contributed by atoms with Gasteiger partial charge in [0.25, 0.3) is 0 Å². The van der Waals surface area contributed by atoms with E-state index in [9.17, 15) is 21.6 Å². The van der Waals surface area contributed by atoms with Crippen molar-refractivity contribution in [1.29, 1.82) is 0 Å². The van der Waals surface area contributed by atoms with Crippen LogP contribution in [0.5, 0.6) is 0 Å². The Hall–Kier alpha value is -0.210. The summed E-state index contributed by atoms with van der Waals surface area (Å²) < 4.78 is 57.0. The van der Waals surface area contributed by atoms with Gasteiger partial charge >= 0.3 is 5.51 Å². The lowest BCUT2D eigenvalue weighted by Crippen LogP contribution is -2.32. The van der Waals surface area contributed by atoms with Crippen LogP contribution in [0.15, 0.2) is 11.5 Å². The van der Waals surface area contributed by atoms with Gasteiger partial charge in [-0.1, -0.05) is 6.08 Å². The predicted molar refractivity (Wildman–Crippen MR) is 53.2 cm³/mol. The molecular weight excluding hydrogens is 251 g/mol. The van der Waals surface area contributed by atoms with Gasteiger partial charge in [0.1, 0.15) is 0 Å². The van der Waals surface area contributed by atoms with Crippen LogP contribution in [-0.2, 0) is 9.84 Å². The second-order valence-electron chi connectivity index (χ2n) is 3.01. The lowest BCUT2D eigenvalue weighted by atomic mass is 10.3. The van der Waals surface area contributed by atoms with Crippen molar-refractivity contribution in [3.8, 4) is 0 Å². The van der Waals surface area contributed by atoms with Crippen LogP contribution in [0.3, 0.4) is 0 Å². The van der Waals surface area contributed by atoms with Crippen molar-refractivity contribution in [2.75, 3.05) is 18.1 Å². The molecule has 8 heteroatoms. The van der Waals surface area contributed by atoms with E-state index in [0.29, 0.717) is 0 Å². The molecule has 1 unspecified atom stereocenters. The van der Waals surface area contributed by atoms with E-state index in [1.54, 1.807) is 0 Å². The molecule has 1 atom stereocenters. The summed E-state index contributed by atoms with van der Waals surface area (Å²) in [6, 6.07) is -0.358. The zero-order valence-electron chi connectivity index (χ0n) is 7.62. The van der Waals surface area contributed by atoms with Crippen LogP contribution in [0.4, 0.5) is 13.2 Å². The molecule has 0 bridgehead atoms. The third-order valence-electron chi connectivity index (χ3n) is 1.70. The fraction of sp³-hybridized carbons (Fsp3) is 0.714. The molecule has 0 saturated carbocycles. The summed E-state index contributed by atoms with van der Waals surface area (Å²) in [7, 11) is -3.13. The Labute approximate surface area is 90.0 Å². The first-order valence-electron chi connectivity index (χ1n) is 4.13. The van der Waals surface area contributed by atoms with E-state index in [-0.39, 0.29) is 35.9 Å². The quantitative estimate of drug-likeness (QED) is 0.771. The minimum absolute atomic E-state index is 0.0658. The Bertz CT molecular complexity index is 337. The van der Waals surface area contributed by atoms with Gasteiger partial charge in [0.15, 0.2) is 9.84 Å². The van der Waals surface area contributed by atoms with Crippen LogP contribution in [0.2, 0.25) is 0 Å². The van der Waals surface area contributed by atoms with Gasteiger partial charge in [0.05, 0.1) is 5.75 Å². The van der Waals surface area contributed by atoms with E-state index in [4.69, 9.17) is 0 Å². The third kappa shape index (κ3) is 5.43. The normalized spacial score (nSPS) is 24.6. The van der Waals surface area contributed by atoms with Crippen molar-refractivity contribution in [2.24, 2.45) is 0 Å². The Morgan fingerprint density at radius 1 is 1.47 bits per heavy atom. The zero-order chi connectivity index (χ0) is 11.5. The maximum atomic E-state index is 11.7. The summed E-state index contributed by atoms with van der Waals surface area (Å²) >= 11 is -0.119. The number of sulfone groups is 1. The Morgan fingerprint density at radius 2 is 2.13 bits per heavy atom. The lowest BCUT2D eigenvalue weighted by molar-refractivity contribution is -0.0327. The molecule has 1 N–H and O–H groups in total. The molecule has 1 rings (SSSR count). The molecule has 0 aromatic rings. The molecule has 15 heavy (non-hydrogen) atoms. The molecule has 1 aliphatic rings. The van der Waals surface area contributed by atoms with Gasteiger partial charge < -0.3 is 5.32 Å². The number of rotatable bonds is 4. The van der Waals surface area contributed by atoms with Gasteiger partial charge in [-0.15, -0.1) is 0 Å². The molecule has 0 aromatic heterocycles. The maximum absolute atomic E-state index is 11.7. The van der Waals surface area contributed by atoms with E-state index in [1.165, 1.54) is 6.08 Å². The molecule has 1 heterocycles. The highest BCUT2D eigenvalue weighted by atomic mass is 32.2. The summed E-state index contributed by atoms with van der Waals surface area (Å²) in [5, 5.41) is 3.81. The number of halogens is 3.